The van der Waals surface area contributed by atoms with E-state index in [-0.39, 0.29) is 24.1 Å². The lowest BCUT2D eigenvalue weighted by molar-refractivity contribution is -0.142. The molecule has 3 amide bonds. The highest BCUT2D eigenvalue weighted by Crippen LogP contribution is 2.16. The van der Waals surface area contributed by atoms with Gasteiger partial charge >= 0.3 is 6.03 Å². The molecule has 0 radical (unpaired) electrons. The summed E-state index contributed by atoms with van der Waals surface area (Å²) in [5.41, 5.74) is 1.24. The van der Waals surface area contributed by atoms with E-state index in [4.69, 9.17) is 4.74 Å². The van der Waals surface area contributed by atoms with Crippen molar-refractivity contribution in [3.8, 4) is 0 Å². The molecule has 2 aliphatic rings. The SMILES string of the molecule is CCCC(Cc1ccccc1)NC(=O)N1CCN(C(=O)C2CCCO2)CC1. The summed E-state index contributed by atoms with van der Waals surface area (Å²) in [5, 5.41) is 3.19. The number of hydrogen-bond acceptors (Lipinski definition) is 3. The van der Waals surface area contributed by atoms with Crippen LogP contribution in [-0.2, 0) is 16.0 Å². The fourth-order valence-corrected chi connectivity index (χ4v) is 3.84. The molecule has 0 spiro atoms. The predicted molar refractivity (Wildman–Crippen MR) is 105 cm³/mol. The Balaban J connectivity index is 1.48. The van der Waals surface area contributed by atoms with Crippen molar-refractivity contribution < 1.29 is 14.3 Å². The molecule has 2 fully saturated rings. The Morgan fingerprint density at radius 2 is 1.85 bits per heavy atom. The normalized spacial score (nSPS) is 21.1. The Morgan fingerprint density at radius 1 is 1.15 bits per heavy atom. The highest BCUT2D eigenvalue weighted by Gasteiger charge is 2.31. The lowest BCUT2D eigenvalue weighted by Gasteiger charge is -2.36. The van der Waals surface area contributed by atoms with Gasteiger partial charge in [0, 0.05) is 38.8 Å². The average Bonchev–Trinajstić information content (AvgIpc) is 3.23. The van der Waals surface area contributed by atoms with Crippen molar-refractivity contribution in [1.29, 1.82) is 0 Å². The zero-order valence-electron chi connectivity index (χ0n) is 16.2. The third kappa shape index (κ3) is 5.45. The summed E-state index contributed by atoms with van der Waals surface area (Å²) in [6.45, 7) is 5.15. The molecule has 2 atom stereocenters. The van der Waals surface area contributed by atoms with Crippen molar-refractivity contribution >= 4 is 11.9 Å². The number of hydrogen-bond donors (Lipinski definition) is 1. The molecule has 6 heteroatoms. The summed E-state index contributed by atoms with van der Waals surface area (Å²) >= 11 is 0. The van der Waals surface area contributed by atoms with Crippen molar-refractivity contribution in [3.05, 3.63) is 35.9 Å². The third-order valence-electron chi connectivity index (χ3n) is 5.37. The van der Waals surface area contributed by atoms with Gasteiger partial charge in [0.25, 0.3) is 5.91 Å². The smallest absolute Gasteiger partial charge is 0.317 e. The fraction of sp³-hybridized carbons (Fsp3) is 0.619. The van der Waals surface area contributed by atoms with Gasteiger partial charge in [-0.3, -0.25) is 4.79 Å². The van der Waals surface area contributed by atoms with Crippen LogP contribution in [0, 0.1) is 0 Å². The summed E-state index contributed by atoms with van der Waals surface area (Å²) in [6, 6.07) is 10.4. The molecule has 27 heavy (non-hydrogen) atoms. The van der Waals surface area contributed by atoms with Gasteiger partial charge in [0.1, 0.15) is 6.10 Å². The first-order valence-electron chi connectivity index (χ1n) is 10.2. The number of amides is 3. The van der Waals surface area contributed by atoms with Crippen molar-refractivity contribution in [3.63, 3.8) is 0 Å². The van der Waals surface area contributed by atoms with Gasteiger partial charge in [0.2, 0.25) is 0 Å². The average molecular weight is 373 g/mol. The number of ether oxygens (including phenoxy) is 1. The maximum Gasteiger partial charge on any atom is 0.317 e. The van der Waals surface area contributed by atoms with E-state index in [0.717, 1.165) is 32.1 Å². The maximum atomic E-state index is 12.7. The van der Waals surface area contributed by atoms with E-state index < -0.39 is 0 Å². The van der Waals surface area contributed by atoms with Crippen LogP contribution >= 0.6 is 0 Å². The molecule has 3 rings (SSSR count). The zero-order valence-corrected chi connectivity index (χ0v) is 16.2. The number of nitrogens with zero attached hydrogens (tertiary/aromatic N) is 2. The van der Waals surface area contributed by atoms with Gasteiger partial charge in [-0.25, -0.2) is 4.79 Å². The summed E-state index contributed by atoms with van der Waals surface area (Å²) in [7, 11) is 0. The van der Waals surface area contributed by atoms with E-state index in [1.54, 1.807) is 0 Å². The molecule has 2 aliphatic heterocycles. The second-order valence-electron chi connectivity index (χ2n) is 7.44. The van der Waals surface area contributed by atoms with Crippen LogP contribution in [0.5, 0.6) is 0 Å². The van der Waals surface area contributed by atoms with E-state index in [1.165, 1.54) is 5.56 Å². The monoisotopic (exact) mass is 373 g/mol. The molecular formula is C21H31N3O3. The van der Waals surface area contributed by atoms with Gasteiger partial charge in [0.05, 0.1) is 0 Å². The number of rotatable bonds is 6. The molecule has 0 bridgehead atoms. The quantitative estimate of drug-likeness (QED) is 0.833. The summed E-state index contributed by atoms with van der Waals surface area (Å²) in [5.74, 6) is 0.0838. The molecule has 148 valence electrons. The minimum absolute atomic E-state index is 0.0198. The van der Waals surface area contributed by atoms with E-state index in [1.807, 2.05) is 28.0 Å². The minimum atomic E-state index is -0.273. The van der Waals surface area contributed by atoms with Crippen LogP contribution in [-0.4, -0.2) is 66.7 Å². The molecule has 0 aliphatic carbocycles. The Bertz CT molecular complexity index is 608. The van der Waals surface area contributed by atoms with Crippen LogP contribution in [0.15, 0.2) is 30.3 Å². The van der Waals surface area contributed by atoms with Gasteiger partial charge in [-0.2, -0.15) is 0 Å². The first kappa shape index (κ1) is 19.7. The highest BCUT2D eigenvalue weighted by molar-refractivity contribution is 5.81. The van der Waals surface area contributed by atoms with Gasteiger partial charge in [-0.15, -0.1) is 0 Å². The standard InChI is InChI=1S/C21H31N3O3/c1-2-7-18(16-17-8-4-3-5-9-17)22-21(26)24-13-11-23(12-14-24)20(25)19-10-6-15-27-19/h3-5,8-9,18-19H,2,6-7,10-16H2,1H3,(H,22,26). The Kier molecular flexibility index (Phi) is 7.10. The molecule has 6 nitrogen and oxygen atoms in total. The topological polar surface area (TPSA) is 61.9 Å². The van der Waals surface area contributed by atoms with Crippen LogP contribution in [0.25, 0.3) is 0 Å². The molecule has 2 heterocycles. The van der Waals surface area contributed by atoms with Crippen LogP contribution < -0.4 is 5.32 Å². The third-order valence-corrected chi connectivity index (χ3v) is 5.37. The number of nitrogens with one attached hydrogen (secondary N) is 1. The van der Waals surface area contributed by atoms with E-state index in [2.05, 4.69) is 24.4 Å². The lowest BCUT2D eigenvalue weighted by Crippen LogP contribution is -2.56. The van der Waals surface area contributed by atoms with Crippen molar-refractivity contribution in [1.82, 2.24) is 15.1 Å². The lowest BCUT2D eigenvalue weighted by atomic mass is 10.0. The maximum absolute atomic E-state index is 12.7. The number of benzene rings is 1. The van der Waals surface area contributed by atoms with Crippen molar-refractivity contribution in [2.45, 2.75) is 51.2 Å². The second kappa shape index (κ2) is 9.74. The van der Waals surface area contributed by atoms with Crippen molar-refractivity contribution in [2.75, 3.05) is 32.8 Å². The minimum Gasteiger partial charge on any atom is -0.368 e. The molecule has 0 saturated carbocycles. The molecule has 2 saturated heterocycles. The van der Waals surface area contributed by atoms with Gasteiger partial charge in [-0.05, 0) is 31.2 Å². The van der Waals surface area contributed by atoms with E-state index in [9.17, 15) is 9.59 Å². The molecule has 0 aromatic heterocycles. The Morgan fingerprint density at radius 3 is 2.48 bits per heavy atom. The zero-order chi connectivity index (χ0) is 19.1. The number of piperazine rings is 1. The van der Waals surface area contributed by atoms with Crippen LogP contribution in [0.2, 0.25) is 0 Å². The van der Waals surface area contributed by atoms with Gasteiger partial charge in [0.15, 0.2) is 0 Å². The molecule has 2 unspecified atom stereocenters. The summed E-state index contributed by atoms with van der Waals surface area (Å²) < 4.78 is 5.49. The Hall–Kier alpha value is -2.08. The number of carbonyl (C=O) groups is 2. The van der Waals surface area contributed by atoms with E-state index >= 15 is 0 Å². The predicted octanol–water partition coefficient (Wildman–Crippen LogP) is 2.43. The molecular weight excluding hydrogens is 342 g/mol. The summed E-state index contributed by atoms with van der Waals surface area (Å²) in [6.07, 6.45) is 4.33. The van der Waals surface area contributed by atoms with Crippen LogP contribution in [0.3, 0.4) is 0 Å². The van der Waals surface area contributed by atoms with Crippen molar-refractivity contribution in [2.24, 2.45) is 0 Å². The first-order chi connectivity index (χ1) is 13.2. The molecule has 1 aromatic carbocycles. The van der Waals surface area contributed by atoms with Crippen LogP contribution in [0.1, 0.15) is 38.2 Å². The Labute approximate surface area is 161 Å². The van der Waals surface area contributed by atoms with Gasteiger partial charge < -0.3 is 19.9 Å². The highest BCUT2D eigenvalue weighted by atomic mass is 16.5. The van der Waals surface area contributed by atoms with Crippen LogP contribution in [0.4, 0.5) is 4.79 Å². The fourth-order valence-electron chi connectivity index (χ4n) is 3.84. The van der Waals surface area contributed by atoms with E-state index in [0.29, 0.717) is 32.8 Å². The first-order valence-corrected chi connectivity index (χ1v) is 10.2. The number of urea groups is 1. The largest absolute Gasteiger partial charge is 0.368 e. The number of carbonyl (C=O) groups excluding carboxylic acids is 2. The summed E-state index contributed by atoms with van der Waals surface area (Å²) in [4.78, 5) is 28.8. The van der Waals surface area contributed by atoms with Gasteiger partial charge in [-0.1, -0.05) is 43.7 Å². The molecule has 1 N–H and O–H groups in total. The second-order valence-corrected chi connectivity index (χ2v) is 7.44. The molecule has 1 aromatic rings.